The molecule has 1 fully saturated rings. The summed E-state index contributed by atoms with van der Waals surface area (Å²) in [5.74, 6) is -0.677. The summed E-state index contributed by atoms with van der Waals surface area (Å²) >= 11 is 1.33. The Morgan fingerprint density at radius 2 is 1.88 bits per heavy atom. The molecule has 1 aromatic carbocycles. The van der Waals surface area contributed by atoms with Gasteiger partial charge in [-0.25, -0.2) is 4.98 Å². The van der Waals surface area contributed by atoms with Gasteiger partial charge in [-0.1, -0.05) is 49.1 Å². The van der Waals surface area contributed by atoms with E-state index < -0.39 is 6.04 Å². The van der Waals surface area contributed by atoms with Gasteiger partial charge in [0, 0.05) is 44.1 Å². The zero-order chi connectivity index (χ0) is 24.3. The average Bonchev–Trinajstić information content (AvgIpc) is 3.35. The second-order valence-corrected chi connectivity index (χ2v) is 9.47. The Bertz CT molecular complexity index is 927. The van der Waals surface area contributed by atoms with Crippen LogP contribution in [0.2, 0.25) is 0 Å². The van der Waals surface area contributed by atoms with Gasteiger partial charge in [0.25, 0.3) is 0 Å². The monoisotopic (exact) mass is 486 g/mol. The van der Waals surface area contributed by atoms with Crippen LogP contribution in [0.1, 0.15) is 62.1 Å². The van der Waals surface area contributed by atoms with E-state index in [2.05, 4.69) is 15.6 Å². The Balaban J connectivity index is 1.82. The number of amides is 3. The Labute approximate surface area is 205 Å². The van der Waals surface area contributed by atoms with Gasteiger partial charge in [0.2, 0.25) is 17.7 Å². The molecular weight excluding hydrogens is 452 g/mol. The molecule has 0 radical (unpaired) electrons. The second kappa shape index (κ2) is 13.2. The Morgan fingerprint density at radius 3 is 2.53 bits per heavy atom. The fourth-order valence-corrected chi connectivity index (χ4v) is 4.84. The van der Waals surface area contributed by atoms with Crippen LogP contribution >= 0.6 is 11.3 Å². The van der Waals surface area contributed by atoms with Crippen molar-refractivity contribution >= 4 is 34.2 Å². The molecule has 2 aromatic rings. The van der Waals surface area contributed by atoms with Crippen LogP contribution in [0.15, 0.2) is 35.8 Å². The number of carbonyl (C=O) groups excluding carboxylic acids is 3. The van der Waals surface area contributed by atoms with Crippen molar-refractivity contribution < 1.29 is 19.1 Å². The first kappa shape index (κ1) is 25.8. The third kappa shape index (κ3) is 7.36. The summed E-state index contributed by atoms with van der Waals surface area (Å²) in [6, 6.07) is 6.94. The average molecular weight is 487 g/mol. The topological polar surface area (TPSA) is 101 Å². The highest BCUT2D eigenvalue weighted by Crippen LogP contribution is 2.32. The highest BCUT2D eigenvalue weighted by molar-refractivity contribution is 7.13. The molecule has 3 rings (SSSR count). The van der Waals surface area contributed by atoms with Crippen LogP contribution < -0.4 is 10.6 Å². The van der Waals surface area contributed by atoms with Crippen LogP contribution in [0.3, 0.4) is 0 Å². The SMILES string of the molecule is COCCNC(=O)[C@H](c1ccc(C)cc1)N(C(=O)CCC(=O)Nc1nccs1)C1CCCCC1. The smallest absolute Gasteiger partial charge is 0.247 e. The number of carbonyl (C=O) groups is 3. The molecule has 184 valence electrons. The van der Waals surface area contributed by atoms with Crippen LogP contribution in [0.25, 0.3) is 0 Å². The lowest BCUT2D eigenvalue weighted by atomic mass is 9.91. The van der Waals surface area contributed by atoms with Crippen molar-refractivity contribution in [3.05, 3.63) is 47.0 Å². The largest absolute Gasteiger partial charge is 0.383 e. The number of methoxy groups -OCH3 is 1. The van der Waals surface area contributed by atoms with Gasteiger partial charge in [-0.2, -0.15) is 0 Å². The first-order chi connectivity index (χ1) is 16.5. The van der Waals surface area contributed by atoms with E-state index in [0.717, 1.165) is 43.2 Å². The van der Waals surface area contributed by atoms with E-state index in [9.17, 15) is 14.4 Å². The molecule has 9 heteroatoms. The number of aromatic nitrogens is 1. The number of hydrogen-bond acceptors (Lipinski definition) is 6. The zero-order valence-corrected chi connectivity index (χ0v) is 20.7. The molecular formula is C25H34N4O4S. The molecule has 1 aliphatic carbocycles. The molecule has 1 heterocycles. The molecule has 1 atom stereocenters. The third-order valence-corrected chi connectivity index (χ3v) is 6.71. The van der Waals surface area contributed by atoms with E-state index in [1.165, 1.54) is 11.3 Å². The van der Waals surface area contributed by atoms with Crippen LogP contribution in [-0.2, 0) is 19.1 Å². The number of ether oxygens (including phenoxy) is 1. The van der Waals surface area contributed by atoms with E-state index in [4.69, 9.17) is 4.74 Å². The van der Waals surface area contributed by atoms with Crippen LogP contribution in [0.4, 0.5) is 5.13 Å². The highest BCUT2D eigenvalue weighted by atomic mass is 32.1. The maximum Gasteiger partial charge on any atom is 0.247 e. The van der Waals surface area contributed by atoms with Crippen molar-refractivity contribution in [2.75, 3.05) is 25.6 Å². The van der Waals surface area contributed by atoms with Crippen molar-refractivity contribution in [2.24, 2.45) is 0 Å². The maximum absolute atomic E-state index is 13.6. The lowest BCUT2D eigenvalue weighted by Gasteiger charge is -2.39. The molecule has 0 aliphatic heterocycles. The van der Waals surface area contributed by atoms with Crippen LogP contribution in [-0.4, -0.2) is 53.9 Å². The van der Waals surface area contributed by atoms with E-state index in [-0.39, 0.29) is 36.6 Å². The number of anilines is 1. The van der Waals surface area contributed by atoms with E-state index in [1.54, 1.807) is 23.6 Å². The molecule has 2 N–H and O–H groups in total. The Kier molecular flexibility index (Phi) is 10.0. The molecule has 0 unspecified atom stereocenters. The highest BCUT2D eigenvalue weighted by Gasteiger charge is 2.36. The number of nitrogens with one attached hydrogen (secondary N) is 2. The fourth-order valence-electron chi connectivity index (χ4n) is 4.29. The van der Waals surface area contributed by atoms with Gasteiger partial charge < -0.3 is 20.3 Å². The number of aryl methyl sites for hydroxylation is 1. The molecule has 8 nitrogen and oxygen atoms in total. The number of rotatable bonds is 11. The number of thiazole rings is 1. The summed E-state index contributed by atoms with van der Waals surface area (Å²) in [4.78, 5) is 45.2. The molecule has 1 aromatic heterocycles. The van der Waals surface area contributed by atoms with Crippen molar-refractivity contribution in [1.29, 1.82) is 0 Å². The van der Waals surface area contributed by atoms with E-state index >= 15 is 0 Å². The Morgan fingerprint density at radius 1 is 1.15 bits per heavy atom. The molecule has 34 heavy (non-hydrogen) atoms. The summed E-state index contributed by atoms with van der Waals surface area (Å²) in [5.41, 5.74) is 1.85. The quantitative estimate of drug-likeness (QED) is 0.470. The first-order valence-corrected chi connectivity index (χ1v) is 12.7. The molecule has 0 bridgehead atoms. The summed E-state index contributed by atoms with van der Waals surface area (Å²) < 4.78 is 5.08. The lowest BCUT2D eigenvalue weighted by Crippen LogP contribution is -2.49. The molecule has 0 spiro atoms. The van der Waals surface area contributed by atoms with E-state index in [0.29, 0.717) is 18.3 Å². The standard InChI is InChI=1S/C25H34N4O4S/c1-18-8-10-19(11-9-18)23(24(32)26-14-16-33-2)29(20-6-4-3-5-7-20)22(31)13-12-21(30)28-25-27-15-17-34-25/h8-11,15,17,20,23H,3-7,12-14,16H2,1-2H3,(H,26,32)(H,27,28,30)/t23-/m0/s1. The van der Waals surface area contributed by atoms with Gasteiger partial charge in [-0.05, 0) is 25.3 Å². The molecule has 1 saturated carbocycles. The summed E-state index contributed by atoms with van der Waals surface area (Å²) in [6.45, 7) is 2.74. The fraction of sp³-hybridized carbons (Fsp3) is 0.520. The van der Waals surface area contributed by atoms with Crippen molar-refractivity contribution in [3.8, 4) is 0 Å². The van der Waals surface area contributed by atoms with Crippen LogP contribution in [0.5, 0.6) is 0 Å². The third-order valence-electron chi connectivity index (χ3n) is 6.03. The van der Waals surface area contributed by atoms with Gasteiger partial charge in [-0.15, -0.1) is 11.3 Å². The first-order valence-electron chi connectivity index (χ1n) is 11.8. The van der Waals surface area contributed by atoms with Gasteiger partial charge in [0.15, 0.2) is 5.13 Å². The summed E-state index contributed by atoms with van der Waals surface area (Å²) in [7, 11) is 1.58. The molecule has 0 saturated heterocycles. The lowest BCUT2D eigenvalue weighted by molar-refractivity contribution is -0.145. The predicted molar refractivity (Wildman–Crippen MR) is 133 cm³/mol. The second-order valence-electron chi connectivity index (χ2n) is 8.58. The van der Waals surface area contributed by atoms with E-state index in [1.807, 2.05) is 31.2 Å². The van der Waals surface area contributed by atoms with Gasteiger partial charge in [0.05, 0.1) is 6.61 Å². The minimum Gasteiger partial charge on any atom is -0.383 e. The van der Waals surface area contributed by atoms with Gasteiger partial charge in [-0.3, -0.25) is 14.4 Å². The Hall–Kier alpha value is -2.78. The minimum absolute atomic E-state index is 0.0292. The zero-order valence-electron chi connectivity index (χ0n) is 19.9. The summed E-state index contributed by atoms with van der Waals surface area (Å²) in [5, 5.41) is 7.93. The normalized spacial score (nSPS) is 14.9. The minimum atomic E-state index is -0.755. The number of nitrogens with zero attached hydrogens (tertiary/aromatic N) is 2. The summed E-state index contributed by atoms with van der Waals surface area (Å²) in [6.07, 6.45) is 6.55. The van der Waals surface area contributed by atoms with Crippen molar-refractivity contribution in [1.82, 2.24) is 15.2 Å². The molecule has 3 amide bonds. The van der Waals surface area contributed by atoms with Crippen molar-refractivity contribution in [3.63, 3.8) is 0 Å². The maximum atomic E-state index is 13.6. The molecule has 1 aliphatic rings. The van der Waals surface area contributed by atoms with Gasteiger partial charge >= 0.3 is 0 Å². The van der Waals surface area contributed by atoms with Gasteiger partial charge in [0.1, 0.15) is 6.04 Å². The predicted octanol–water partition coefficient (Wildman–Crippen LogP) is 3.84. The van der Waals surface area contributed by atoms with Crippen molar-refractivity contribution in [2.45, 2.75) is 64.0 Å². The number of hydrogen-bond donors (Lipinski definition) is 2. The number of benzene rings is 1. The van der Waals surface area contributed by atoms with Crippen LogP contribution in [0, 0.1) is 6.92 Å².